The lowest BCUT2D eigenvalue weighted by atomic mass is 9.79. The van der Waals surface area contributed by atoms with Crippen molar-refractivity contribution < 1.29 is 14.3 Å². The second-order valence-electron chi connectivity index (χ2n) is 8.76. The van der Waals surface area contributed by atoms with Gasteiger partial charge in [0.15, 0.2) is 0 Å². The number of halogens is 1. The van der Waals surface area contributed by atoms with E-state index >= 15 is 0 Å². The molecule has 3 aromatic heterocycles. The third kappa shape index (κ3) is 4.86. The molecule has 10 heteroatoms. The molecule has 0 spiro atoms. The SMILES string of the molecule is CCOC(=O)c1cnn(-c2nc(OC)c3c(cnn3CC3CCC(c4ccc(Cl)cc4)CC3)n2)c1. The first-order valence-electron chi connectivity index (χ1n) is 11.8. The average Bonchev–Trinajstić information content (AvgIpc) is 3.53. The Morgan fingerprint density at radius 2 is 1.86 bits per heavy atom. The molecular weight excluding hydrogens is 468 g/mol. The summed E-state index contributed by atoms with van der Waals surface area (Å²) >= 11 is 6.04. The van der Waals surface area contributed by atoms with E-state index in [4.69, 9.17) is 21.1 Å². The topological polar surface area (TPSA) is 97.0 Å². The average molecular weight is 495 g/mol. The van der Waals surface area contributed by atoms with Crippen molar-refractivity contribution in [1.82, 2.24) is 29.5 Å². The van der Waals surface area contributed by atoms with E-state index in [-0.39, 0.29) is 0 Å². The molecule has 0 radical (unpaired) electrons. The predicted molar refractivity (Wildman–Crippen MR) is 131 cm³/mol. The molecule has 1 aliphatic rings. The number of methoxy groups -OCH3 is 1. The number of hydrogen-bond acceptors (Lipinski definition) is 7. The molecule has 0 amide bonds. The van der Waals surface area contributed by atoms with Crippen molar-refractivity contribution in [3.05, 3.63) is 59.0 Å². The molecule has 0 aliphatic heterocycles. The number of benzene rings is 1. The zero-order valence-corrected chi connectivity index (χ0v) is 20.5. The van der Waals surface area contributed by atoms with Crippen LogP contribution in [0.15, 0.2) is 42.9 Å². The van der Waals surface area contributed by atoms with Crippen molar-refractivity contribution in [3.63, 3.8) is 0 Å². The van der Waals surface area contributed by atoms with Crippen LogP contribution in [0.5, 0.6) is 5.88 Å². The first-order chi connectivity index (χ1) is 17.1. The van der Waals surface area contributed by atoms with Crippen LogP contribution >= 0.6 is 11.6 Å². The van der Waals surface area contributed by atoms with Crippen LogP contribution in [0.1, 0.15) is 54.4 Å². The second kappa shape index (κ2) is 10.0. The lowest BCUT2D eigenvalue weighted by molar-refractivity contribution is 0.0526. The van der Waals surface area contributed by atoms with E-state index in [9.17, 15) is 4.79 Å². The zero-order valence-electron chi connectivity index (χ0n) is 19.7. The highest BCUT2D eigenvalue weighted by Gasteiger charge is 2.25. The van der Waals surface area contributed by atoms with Crippen molar-refractivity contribution in [3.8, 4) is 11.8 Å². The van der Waals surface area contributed by atoms with E-state index in [1.54, 1.807) is 26.4 Å². The van der Waals surface area contributed by atoms with E-state index in [1.165, 1.54) is 16.4 Å². The van der Waals surface area contributed by atoms with Crippen LogP contribution in [0, 0.1) is 5.92 Å². The molecule has 5 rings (SSSR count). The third-order valence-corrected chi connectivity index (χ3v) is 6.81. The molecule has 4 aromatic rings. The standard InChI is InChI=1S/C25H27ClN6O3/c1-3-35-24(33)19-12-27-32(15-19)25-29-21-13-28-31(22(21)23(30-25)34-2)14-16-4-6-17(7-5-16)18-8-10-20(26)11-9-18/h8-13,15-17H,3-7,14H2,1-2H3. The third-order valence-electron chi connectivity index (χ3n) is 6.56. The molecule has 0 atom stereocenters. The van der Waals surface area contributed by atoms with Gasteiger partial charge in [0, 0.05) is 17.8 Å². The smallest absolute Gasteiger partial charge is 0.341 e. The van der Waals surface area contributed by atoms with Crippen molar-refractivity contribution >= 4 is 28.6 Å². The summed E-state index contributed by atoms with van der Waals surface area (Å²) in [6.07, 6.45) is 9.23. The molecule has 1 saturated carbocycles. The Labute approximate surface area is 208 Å². The minimum Gasteiger partial charge on any atom is -0.479 e. The fourth-order valence-electron chi connectivity index (χ4n) is 4.75. The van der Waals surface area contributed by atoms with Gasteiger partial charge in [0.05, 0.1) is 31.7 Å². The summed E-state index contributed by atoms with van der Waals surface area (Å²) in [5.74, 6) is 1.38. The number of aromatic nitrogens is 6. The van der Waals surface area contributed by atoms with Crippen LogP contribution in [0.2, 0.25) is 5.02 Å². The lowest BCUT2D eigenvalue weighted by Crippen LogP contribution is -2.19. The van der Waals surface area contributed by atoms with Crippen molar-refractivity contribution in [2.45, 2.75) is 45.1 Å². The normalized spacial score (nSPS) is 18.0. The Bertz CT molecular complexity index is 1320. The van der Waals surface area contributed by atoms with Crippen LogP contribution in [0.25, 0.3) is 17.0 Å². The van der Waals surface area contributed by atoms with Crippen LogP contribution in [-0.2, 0) is 11.3 Å². The monoisotopic (exact) mass is 494 g/mol. The summed E-state index contributed by atoms with van der Waals surface area (Å²) in [4.78, 5) is 21.1. The Balaban J connectivity index is 1.32. The highest BCUT2D eigenvalue weighted by molar-refractivity contribution is 6.30. The van der Waals surface area contributed by atoms with Crippen LogP contribution < -0.4 is 4.74 Å². The number of fused-ring (bicyclic) bond motifs is 1. The maximum atomic E-state index is 12.0. The number of ether oxygens (including phenoxy) is 2. The fraction of sp³-hybridized carbons (Fsp3) is 0.400. The van der Waals surface area contributed by atoms with Crippen LogP contribution in [-0.4, -0.2) is 49.2 Å². The molecular formula is C25H27ClN6O3. The van der Waals surface area contributed by atoms with Gasteiger partial charge in [-0.15, -0.1) is 0 Å². The van der Waals surface area contributed by atoms with Gasteiger partial charge in [-0.1, -0.05) is 23.7 Å². The highest BCUT2D eigenvalue weighted by atomic mass is 35.5. The Hall–Kier alpha value is -3.46. The van der Waals surface area contributed by atoms with Gasteiger partial charge in [0.25, 0.3) is 5.95 Å². The van der Waals surface area contributed by atoms with Crippen molar-refractivity contribution in [2.24, 2.45) is 5.92 Å². The molecule has 0 saturated heterocycles. The molecule has 0 unspecified atom stereocenters. The largest absolute Gasteiger partial charge is 0.479 e. The van der Waals surface area contributed by atoms with E-state index in [2.05, 4.69) is 32.3 Å². The molecule has 3 heterocycles. The Kier molecular flexibility index (Phi) is 6.68. The van der Waals surface area contributed by atoms with Gasteiger partial charge >= 0.3 is 5.97 Å². The van der Waals surface area contributed by atoms with Crippen molar-refractivity contribution in [2.75, 3.05) is 13.7 Å². The summed E-state index contributed by atoms with van der Waals surface area (Å²) in [6, 6.07) is 8.23. The Morgan fingerprint density at radius 1 is 1.09 bits per heavy atom. The quantitative estimate of drug-likeness (QED) is 0.339. The molecule has 0 N–H and O–H groups in total. The molecule has 182 valence electrons. The first-order valence-corrected chi connectivity index (χ1v) is 12.2. The molecule has 1 aromatic carbocycles. The van der Waals surface area contributed by atoms with E-state index in [0.29, 0.717) is 41.4 Å². The second-order valence-corrected chi connectivity index (χ2v) is 9.19. The van der Waals surface area contributed by atoms with Crippen LogP contribution in [0.3, 0.4) is 0 Å². The van der Waals surface area contributed by atoms with Crippen molar-refractivity contribution in [1.29, 1.82) is 0 Å². The van der Waals surface area contributed by atoms with E-state index < -0.39 is 5.97 Å². The number of rotatable bonds is 7. The van der Waals surface area contributed by atoms with Gasteiger partial charge in [0.1, 0.15) is 11.0 Å². The summed E-state index contributed by atoms with van der Waals surface area (Å²) in [5.41, 5.74) is 3.12. The summed E-state index contributed by atoms with van der Waals surface area (Å²) in [7, 11) is 1.58. The number of hydrogen-bond donors (Lipinski definition) is 0. The summed E-state index contributed by atoms with van der Waals surface area (Å²) in [5, 5.41) is 9.58. The van der Waals surface area contributed by atoms with Gasteiger partial charge < -0.3 is 9.47 Å². The van der Waals surface area contributed by atoms with Gasteiger partial charge in [0.2, 0.25) is 5.88 Å². The lowest BCUT2D eigenvalue weighted by Gasteiger charge is -2.29. The summed E-state index contributed by atoms with van der Waals surface area (Å²) < 4.78 is 14.0. The molecule has 1 fully saturated rings. The van der Waals surface area contributed by atoms with Gasteiger partial charge in [-0.25, -0.2) is 14.5 Å². The van der Waals surface area contributed by atoms with Gasteiger partial charge in [-0.3, -0.25) is 4.68 Å². The molecule has 9 nitrogen and oxygen atoms in total. The minimum absolute atomic E-state index is 0.294. The maximum absolute atomic E-state index is 12.0. The number of nitrogens with zero attached hydrogens (tertiary/aromatic N) is 6. The molecule has 0 bridgehead atoms. The van der Waals surface area contributed by atoms with E-state index in [0.717, 1.165) is 42.8 Å². The van der Waals surface area contributed by atoms with Gasteiger partial charge in [-0.2, -0.15) is 15.2 Å². The molecule has 1 aliphatic carbocycles. The van der Waals surface area contributed by atoms with E-state index in [1.807, 2.05) is 16.8 Å². The number of carbonyl (C=O) groups excluding carboxylic acids is 1. The van der Waals surface area contributed by atoms with Gasteiger partial charge in [-0.05, 0) is 62.1 Å². The molecule has 35 heavy (non-hydrogen) atoms. The fourth-order valence-corrected chi connectivity index (χ4v) is 4.87. The van der Waals surface area contributed by atoms with Crippen LogP contribution in [0.4, 0.5) is 0 Å². The minimum atomic E-state index is -0.439. The first kappa shape index (κ1) is 23.3. The zero-order chi connectivity index (χ0) is 24.4. The predicted octanol–water partition coefficient (Wildman–Crippen LogP) is 4.82. The number of carbonyl (C=O) groups is 1. The summed E-state index contributed by atoms with van der Waals surface area (Å²) in [6.45, 7) is 2.83. The maximum Gasteiger partial charge on any atom is 0.341 e. The highest BCUT2D eigenvalue weighted by Crippen LogP contribution is 2.37. The number of esters is 1. The Morgan fingerprint density at radius 3 is 2.57 bits per heavy atom.